The van der Waals surface area contributed by atoms with Gasteiger partial charge in [0.15, 0.2) is 5.72 Å². The lowest BCUT2D eigenvalue weighted by Gasteiger charge is -2.30. The van der Waals surface area contributed by atoms with Crippen LogP contribution in [0, 0.1) is 0 Å². The number of imide groups is 1. The van der Waals surface area contributed by atoms with Crippen molar-refractivity contribution >= 4 is 11.8 Å². The number of carbonyl (C=O) groups excluding carboxylic acids is 2. The summed E-state index contributed by atoms with van der Waals surface area (Å²) in [5.74, 6) is -1.16. The van der Waals surface area contributed by atoms with Gasteiger partial charge in [-0.25, -0.2) is 4.90 Å². The molecule has 2 N–H and O–H groups in total. The monoisotopic (exact) mass is 185 g/mol. The zero-order valence-electron chi connectivity index (χ0n) is 7.44. The minimum absolute atomic E-state index is 0.263. The van der Waals surface area contributed by atoms with Gasteiger partial charge in [-0.05, 0) is 13.8 Å². The maximum atomic E-state index is 11.3. The van der Waals surface area contributed by atoms with E-state index in [9.17, 15) is 14.7 Å². The molecule has 0 aromatic rings. The molecule has 1 aliphatic heterocycles. The summed E-state index contributed by atoms with van der Waals surface area (Å²) in [6.45, 7) is 2.01. The van der Waals surface area contributed by atoms with Crippen molar-refractivity contribution in [1.82, 2.24) is 4.90 Å². The van der Waals surface area contributed by atoms with Gasteiger partial charge >= 0.3 is 0 Å². The lowest BCUT2D eigenvalue weighted by molar-refractivity contribution is -0.168. The van der Waals surface area contributed by atoms with Gasteiger partial charge in [0.05, 0.1) is 6.61 Å². The zero-order chi connectivity index (χ0) is 10.2. The van der Waals surface area contributed by atoms with Gasteiger partial charge in [0.2, 0.25) is 0 Å². The Morgan fingerprint density at radius 3 is 2.38 bits per heavy atom. The SMILES string of the molecule is CC1=CC(=O)N(C(C)(O)CO)C1=O. The van der Waals surface area contributed by atoms with E-state index in [-0.39, 0.29) is 5.57 Å². The van der Waals surface area contributed by atoms with Crippen LogP contribution in [0.4, 0.5) is 0 Å². The van der Waals surface area contributed by atoms with E-state index in [1.165, 1.54) is 13.8 Å². The molecule has 1 rings (SSSR count). The van der Waals surface area contributed by atoms with Gasteiger partial charge in [0, 0.05) is 11.6 Å². The molecule has 0 spiro atoms. The maximum absolute atomic E-state index is 11.3. The number of rotatable bonds is 2. The summed E-state index contributed by atoms with van der Waals surface area (Å²) in [6.07, 6.45) is 1.13. The van der Waals surface area contributed by atoms with Crippen molar-refractivity contribution in [3.63, 3.8) is 0 Å². The predicted molar refractivity (Wildman–Crippen MR) is 43.3 cm³/mol. The highest BCUT2D eigenvalue weighted by molar-refractivity contribution is 6.16. The maximum Gasteiger partial charge on any atom is 0.258 e. The van der Waals surface area contributed by atoms with Gasteiger partial charge in [0.1, 0.15) is 0 Å². The van der Waals surface area contributed by atoms with Crippen LogP contribution in [0.3, 0.4) is 0 Å². The molecule has 0 aliphatic carbocycles. The minimum atomic E-state index is -1.82. The van der Waals surface area contributed by atoms with Crippen molar-refractivity contribution in [2.24, 2.45) is 0 Å². The number of hydrogen-bond acceptors (Lipinski definition) is 4. The molecule has 1 unspecified atom stereocenters. The molecule has 0 aromatic heterocycles. The molecular weight excluding hydrogens is 174 g/mol. The Labute approximate surface area is 75.3 Å². The summed E-state index contributed by atoms with van der Waals surface area (Å²) in [6, 6.07) is 0. The van der Waals surface area contributed by atoms with Crippen LogP contribution in [0.1, 0.15) is 13.8 Å². The molecule has 0 saturated carbocycles. The fourth-order valence-corrected chi connectivity index (χ4v) is 1.11. The average Bonchev–Trinajstić information content (AvgIpc) is 2.27. The van der Waals surface area contributed by atoms with Crippen molar-refractivity contribution in [1.29, 1.82) is 0 Å². The van der Waals surface area contributed by atoms with Crippen LogP contribution >= 0.6 is 0 Å². The third-order valence-electron chi connectivity index (χ3n) is 1.88. The van der Waals surface area contributed by atoms with Gasteiger partial charge in [-0.2, -0.15) is 0 Å². The highest BCUT2D eigenvalue weighted by atomic mass is 16.4. The van der Waals surface area contributed by atoms with Crippen molar-refractivity contribution < 1.29 is 19.8 Å². The highest BCUT2D eigenvalue weighted by Crippen LogP contribution is 2.20. The quantitative estimate of drug-likeness (QED) is 0.541. The molecule has 0 bridgehead atoms. The molecule has 1 atom stereocenters. The first-order valence-electron chi connectivity index (χ1n) is 3.80. The van der Waals surface area contributed by atoms with Gasteiger partial charge < -0.3 is 10.2 Å². The normalized spacial score (nSPS) is 21.8. The van der Waals surface area contributed by atoms with Crippen molar-refractivity contribution in [3.8, 4) is 0 Å². The summed E-state index contributed by atoms with van der Waals surface area (Å²) < 4.78 is 0. The molecule has 2 amide bonds. The van der Waals surface area contributed by atoms with Crippen molar-refractivity contribution in [2.75, 3.05) is 6.61 Å². The Kier molecular flexibility index (Phi) is 2.23. The second-order valence-electron chi connectivity index (χ2n) is 3.18. The zero-order valence-corrected chi connectivity index (χ0v) is 7.44. The van der Waals surface area contributed by atoms with Gasteiger partial charge in [0.25, 0.3) is 11.8 Å². The predicted octanol–water partition coefficient (Wildman–Crippen LogP) is -0.998. The molecule has 0 saturated heterocycles. The Morgan fingerprint density at radius 2 is 2.08 bits per heavy atom. The summed E-state index contributed by atoms with van der Waals surface area (Å²) in [5, 5.41) is 18.2. The Morgan fingerprint density at radius 1 is 1.54 bits per heavy atom. The summed E-state index contributed by atoms with van der Waals surface area (Å²) in [4.78, 5) is 23.1. The van der Waals surface area contributed by atoms with E-state index in [1.54, 1.807) is 0 Å². The average molecular weight is 185 g/mol. The third-order valence-corrected chi connectivity index (χ3v) is 1.88. The smallest absolute Gasteiger partial charge is 0.258 e. The van der Waals surface area contributed by atoms with Crippen molar-refractivity contribution in [2.45, 2.75) is 19.6 Å². The number of amides is 2. The van der Waals surface area contributed by atoms with E-state index < -0.39 is 24.1 Å². The standard InChI is InChI=1S/C8H11NO4/c1-5-3-6(11)9(7(5)12)8(2,13)4-10/h3,10,13H,4H2,1-2H3. The number of aliphatic hydroxyl groups excluding tert-OH is 1. The summed E-state index contributed by atoms with van der Waals surface area (Å²) in [7, 11) is 0. The first-order valence-corrected chi connectivity index (χ1v) is 3.80. The minimum Gasteiger partial charge on any atom is -0.391 e. The first kappa shape index (κ1) is 9.88. The number of nitrogens with zero attached hydrogens (tertiary/aromatic N) is 1. The van der Waals surface area contributed by atoms with Crippen LogP contribution in [0.15, 0.2) is 11.6 Å². The van der Waals surface area contributed by atoms with E-state index in [4.69, 9.17) is 5.11 Å². The van der Waals surface area contributed by atoms with Crippen LogP contribution in [0.2, 0.25) is 0 Å². The number of carbonyl (C=O) groups is 2. The number of aliphatic hydroxyl groups is 2. The fourth-order valence-electron chi connectivity index (χ4n) is 1.11. The van der Waals surface area contributed by atoms with E-state index in [0.717, 1.165) is 6.08 Å². The van der Waals surface area contributed by atoms with Crippen LogP contribution < -0.4 is 0 Å². The summed E-state index contributed by atoms with van der Waals surface area (Å²) in [5.41, 5.74) is -1.55. The van der Waals surface area contributed by atoms with Crippen LogP contribution in [-0.4, -0.2) is 39.3 Å². The lowest BCUT2D eigenvalue weighted by Crippen LogP contribution is -2.52. The highest BCUT2D eigenvalue weighted by Gasteiger charge is 2.41. The molecule has 0 fully saturated rings. The molecule has 0 radical (unpaired) electrons. The van der Waals surface area contributed by atoms with Crippen LogP contribution in [-0.2, 0) is 9.59 Å². The van der Waals surface area contributed by atoms with Crippen molar-refractivity contribution in [3.05, 3.63) is 11.6 Å². The van der Waals surface area contributed by atoms with E-state index in [2.05, 4.69) is 0 Å². The number of hydrogen-bond donors (Lipinski definition) is 2. The Balaban J connectivity index is 2.98. The van der Waals surface area contributed by atoms with Crippen LogP contribution in [0.5, 0.6) is 0 Å². The Bertz CT molecular complexity index is 293. The van der Waals surface area contributed by atoms with E-state index in [1.807, 2.05) is 0 Å². The van der Waals surface area contributed by atoms with Crippen LogP contribution in [0.25, 0.3) is 0 Å². The van der Waals surface area contributed by atoms with Gasteiger partial charge in [-0.1, -0.05) is 0 Å². The molecule has 1 heterocycles. The summed E-state index contributed by atoms with van der Waals surface area (Å²) >= 11 is 0. The van der Waals surface area contributed by atoms with E-state index in [0.29, 0.717) is 4.90 Å². The molecule has 1 aliphatic rings. The van der Waals surface area contributed by atoms with Gasteiger partial charge in [-0.3, -0.25) is 9.59 Å². The largest absolute Gasteiger partial charge is 0.391 e. The molecule has 0 aromatic carbocycles. The van der Waals surface area contributed by atoms with Gasteiger partial charge in [-0.15, -0.1) is 0 Å². The molecule has 5 heteroatoms. The Hall–Kier alpha value is -1.20. The topological polar surface area (TPSA) is 77.8 Å². The second kappa shape index (κ2) is 2.93. The molecular formula is C8H11NO4. The lowest BCUT2D eigenvalue weighted by atomic mass is 10.2. The fraction of sp³-hybridized carbons (Fsp3) is 0.500. The molecule has 5 nitrogen and oxygen atoms in total. The molecule has 13 heavy (non-hydrogen) atoms. The first-order chi connectivity index (χ1) is 5.90. The van der Waals surface area contributed by atoms with E-state index >= 15 is 0 Å². The second-order valence-corrected chi connectivity index (χ2v) is 3.18. The molecule has 72 valence electrons. The third kappa shape index (κ3) is 1.48.